The van der Waals surface area contributed by atoms with Crippen LogP contribution >= 0.6 is 11.3 Å². The minimum Gasteiger partial charge on any atom is -0.393 e. The Hall–Kier alpha value is -1.12. The molecule has 100 valence electrons. The lowest BCUT2D eigenvalue weighted by Crippen LogP contribution is -2.29. The second-order valence-corrected chi connectivity index (χ2v) is 6.36. The average molecular weight is 272 g/mol. The molecule has 3 unspecified atom stereocenters. The summed E-state index contributed by atoms with van der Waals surface area (Å²) in [6, 6.07) is 12.9. The monoisotopic (exact) mass is 272 g/mol. The second kappa shape index (κ2) is 5.89. The third-order valence-corrected chi connectivity index (χ3v) is 5.02. The molecular weight excluding hydrogens is 252 g/mol. The predicted molar refractivity (Wildman–Crippen MR) is 80.6 cm³/mol. The summed E-state index contributed by atoms with van der Waals surface area (Å²) >= 11 is 1.74. The molecule has 0 aliphatic heterocycles. The molecule has 19 heavy (non-hydrogen) atoms. The van der Waals surface area contributed by atoms with Gasteiger partial charge in [0.25, 0.3) is 0 Å². The second-order valence-electron chi connectivity index (χ2n) is 5.58. The van der Waals surface area contributed by atoms with Crippen molar-refractivity contribution in [2.45, 2.75) is 37.7 Å². The van der Waals surface area contributed by atoms with Crippen molar-refractivity contribution in [1.82, 2.24) is 0 Å². The van der Waals surface area contributed by atoms with Crippen molar-refractivity contribution in [3.05, 3.63) is 58.3 Å². The molecule has 0 radical (unpaired) electrons. The molecule has 0 spiro atoms. The molecule has 0 amide bonds. The molecule has 0 saturated heterocycles. The number of rotatable bonds is 3. The Bertz CT molecular complexity index is 491. The van der Waals surface area contributed by atoms with Crippen LogP contribution in [-0.4, -0.2) is 11.2 Å². The van der Waals surface area contributed by atoms with Gasteiger partial charge < -0.3 is 5.11 Å². The number of thiophene rings is 1. The maximum absolute atomic E-state index is 10.2. The van der Waals surface area contributed by atoms with Crippen molar-refractivity contribution in [2.75, 3.05) is 0 Å². The van der Waals surface area contributed by atoms with Gasteiger partial charge in [0, 0.05) is 0 Å². The standard InChI is InChI=1S/C17H20OS/c18-17-7-6-15(14-4-2-1-3-5-14)11-16(17)10-13-8-9-19-12-13/h1-5,8-9,12,15-18H,6-7,10-11H2. The van der Waals surface area contributed by atoms with Crippen molar-refractivity contribution in [3.63, 3.8) is 0 Å². The molecule has 1 aliphatic carbocycles. The summed E-state index contributed by atoms with van der Waals surface area (Å²) in [5.74, 6) is 1.03. The molecule has 3 atom stereocenters. The van der Waals surface area contributed by atoms with Gasteiger partial charge in [0.05, 0.1) is 6.10 Å². The maximum atomic E-state index is 10.2. The van der Waals surface area contributed by atoms with E-state index in [0.717, 1.165) is 25.7 Å². The molecule has 1 fully saturated rings. The Morgan fingerprint density at radius 2 is 1.95 bits per heavy atom. The summed E-state index contributed by atoms with van der Waals surface area (Å²) in [7, 11) is 0. The summed E-state index contributed by atoms with van der Waals surface area (Å²) < 4.78 is 0. The van der Waals surface area contributed by atoms with Crippen LogP contribution in [0.5, 0.6) is 0 Å². The first-order chi connectivity index (χ1) is 9.33. The first-order valence-electron chi connectivity index (χ1n) is 7.07. The first kappa shape index (κ1) is 12.9. The van der Waals surface area contributed by atoms with Crippen LogP contribution in [0.25, 0.3) is 0 Å². The molecular formula is C17H20OS. The van der Waals surface area contributed by atoms with Gasteiger partial charge in [0.1, 0.15) is 0 Å². The van der Waals surface area contributed by atoms with Crippen LogP contribution in [-0.2, 0) is 6.42 Å². The molecule has 2 aromatic rings. The highest BCUT2D eigenvalue weighted by Gasteiger charge is 2.29. The van der Waals surface area contributed by atoms with E-state index in [1.54, 1.807) is 11.3 Å². The fourth-order valence-electron chi connectivity index (χ4n) is 3.21. The normalized spacial score (nSPS) is 27.3. The molecule has 1 nitrogen and oxygen atoms in total. The van der Waals surface area contributed by atoms with Gasteiger partial charge in [-0.05, 0) is 65.5 Å². The van der Waals surface area contributed by atoms with Crippen molar-refractivity contribution < 1.29 is 5.11 Å². The van der Waals surface area contributed by atoms with Crippen LogP contribution in [0.2, 0.25) is 0 Å². The number of hydrogen-bond acceptors (Lipinski definition) is 2. The smallest absolute Gasteiger partial charge is 0.0572 e. The summed E-state index contributed by atoms with van der Waals surface area (Å²) in [6.07, 6.45) is 4.06. The molecule has 1 aromatic carbocycles. The van der Waals surface area contributed by atoms with E-state index in [1.807, 2.05) is 0 Å². The van der Waals surface area contributed by atoms with E-state index in [1.165, 1.54) is 11.1 Å². The average Bonchev–Trinajstić information content (AvgIpc) is 2.95. The molecule has 1 aliphatic rings. The highest BCUT2D eigenvalue weighted by atomic mass is 32.1. The molecule has 0 bridgehead atoms. The lowest BCUT2D eigenvalue weighted by molar-refractivity contribution is 0.0620. The Kier molecular flexibility index (Phi) is 4.00. The fourth-order valence-corrected chi connectivity index (χ4v) is 3.89. The van der Waals surface area contributed by atoms with E-state index < -0.39 is 0 Å². The summed E-state index contributed by atoms with van der Waals surface area (Å²) in [5.41, 5.74) is 2.81. The van der Waals surface area contributed by atoms with E-state index in [-0.39, 0.29) is 6.10 Å². The molecule has 3 rings (SSSR count). The zero-order chi connectivity index (χ0) is 13.1. The van der Waals surface area contributed by atoms with Gasteiger partial charge in [-0.15, -0.1) is 0 Å². The zero-order valence-electron chi connectivity index (χ0n) is 11.0. The van der Waals surface area contributed by atoms with Crippen LogP contribution in [0.3, 0.4) is 0 Å². The van der Waals surface area contributed by atoms with Gasteiger partial charge in [-0.25, -0.2) is 0 Å². The van der Waals surface area contributed by atoms with E-state index >= 15 is 0 Å². The van der Waals surface area contributed by atoms with E-state index in [0.29, 0.717) is 11.8 Å². The van der Waals surface area contributed by atoms with Crippen molar-refractivity contribution in [1.29, 1.82) is 0 Å². The van der Waals surface area contributed by atoms with E-state index in [2.05, 4.69) is 47.2 Å². The van der Waals surface area contributed by atoms with Gasteiger partial charge in [-0.1, -0.05) is 30.3 Å². The Balaban J connectivity index is 1.70. The highest BCUT2D eigenvalue weighted by molar-refractivity contribution is 7.07. The van der Waals surface area contributed by atoms with E-state index in [9.17, 15) is 5.11 Å². The van der Waals surface area contributed by atoms with Crippen LogP contribution < -0.4 is 0 Å². The molecule has 1 N–H and O–H groups in total. The Morgan fingerprint density at radius 3 is 2.68 bits per heavy atom. The lowest BCUT2D eigenvalue weighted by atomic mass is 9.74. The minimum atomic E-state index is -0.125. The molecule has 1 saturated carbocycles. The topological polar surface area (TPSA) is 20.2 Å². The summed E-state index contributed by atoms with van der Waals surface area (Å²) in [4.78, 5) is 0. The van der Waals surface area contributed by atoms with Crippen molar-refractivity contribution in [3.8, 4) is 0 Å². The largest absolute Gasteiger partial charge is 0.393 e. The van der Waals surface area contributed by atoms with Gasteiger partial charge in [0.2, 0.25) is 0 Å². The Morgan fingerprint density at radius 1 is 1.11 bits per heavy atom. The fraction of sp³-hybridized carbons (Fsp3) is 0.412. The van der Waals surface area contributed by atoms with Gasteiger partial charge in [-0.2, -0.15) is 11.3 Å². The van der Waals surface area contributed by atoms with Crippen molar-refractivity contribution in [2.24, 2.45) is 5.92 Å². The molecule has 2 heteroatoms. The number of aliphatic hydroxyl groups is 1. The molecule has 1 aromatic heterocycles. The number of aliphatic hydroxyl groups excluding tert-OH is 1. The third kappa shape index (κ3) is 3.07. The van der Waals surface area contributed by atoms with Gasteiger partial charge in [0.15, 0.2) is 0 Å². The predicted octanol–water partition coefficient (Wildman–Crippen LogP) is 4.24. The van der Waals surface area contributed by atoms with Crippen molar-refractivity contribution >= 4 is 11.3 Å². The van der Waals surface area contributed by atoms with Gasteiger partial charge >= 0.3 is 0 Å². The zero-order valence-corrected chi connectivity index (χ0v) is 11.9. The maximum Gasteiger partial charge on any atom is 0.0572 e. The third-order valence-electron chi connectivity index (χ3n) is 4.29. The van der Waals surface area contributed by atoms with Crippen LogP contribution in [0.15, 0.2) is 47.2 Å². The first-order valence-corrected chi connectivity index (χ1v) is 8.01. The van der Waals surface area contributed by atoms with Gasteiger partial charge in [-0.3, -0.25) is 0 Å². The van der Waals surface area contributed by atoms with Crippen LogP contribution in [0, 0.1) is 5.92 Å². The minimum absolute atomic E-state index is 0.125. The van der Waals surface area contributed by atoms with E-state index in [4.69, 9.17) is 0 Å². The summed E-state index contributed by atoms with van der Waals surface area (Å²) in [5, 5.41) is 14.6. The van der Waals surface area contributed by atoms with Crippen LogP contribution in [0.4, 0.5) is 0 Å². The highest BCUT2D eigenvalue weighted by Crippen LogP contribution is 2.37. The number of benzene rings is 1. The van der Waals surface area contributed by atoms with Crippen LogP contribution in [0.1, 0.15) is 36.3 Å². The summed E-state index contributed by atoms with van der Waals surface area (Å²) in [6.45, 7) is 0. The lowest BCUT2D eigenvalue weighted by Gasteiger charge is -2.33. The Labute approximate surface area is 118 Å². The quantitative estimate of drug-likeness (QED) is 0.886. The SMILES string of the molecule is OC1CCC(c2ccccc2)CC1Cc1ccsc1. The number of hydrogen-bond donors (Lipinski definition) is 1. The molecule has 1 heterocycles.